The van der Waals surface area contributed by atoms with Crippen LogP contribution in [0.4, 0.5) is 0 Å². The third-order valence-electron chi connectivity index (χ3n) is 4.78. The maximum atomic E-state index is 9.95. The highest BCUT2D eigenvalue weighted by molar-refractivity contribution is 6.00. The Morgan fingerprint density at radius 3 is 2.15 bits per heavy atom. The van der Waals surface area contributed by atoms with Crippen LogP contribution in [-0.4, -0.2) is 10.1 Å². The first-order valence-corrected chi connectivity index (χ1v) is 8.85. The van der Waals surface area contributed by atoms with E-state index in [1.807, 2.05) is 72.9 Å². The molecule has 0 aliphatic carbocycles. The predicted octanol–water partition coefficient (Wildman–Crippen LogP) is 6.47. The third kappa shape index (κ3) is 2.70. The van der Waals surface area contributed by atoms with E-state index >= 15 is 0 Å². The minimum Gasteiger partial charge on any atom is -0.508 e. The molecular weight excluding hydrogens is 334 g/mol. The van der Waals surface area contributed by atoms with Crippen molar-refractivity contribution in [3.8, 4) is 39.5 Å². The Morgan fingerprint density at radius 1 is 0.704 bits per heavy atom. The van der Waals surface area contributed by atoms with Gasteiger partial charge in [0, 0.05) is 39.4 Å². The van der Waals surface area contributed by atoms with Crippen LogP contribution in [0.1, 0.15) is 0 Å². The lowest BCUT2D eigenvalue weighted by Crippen LogP contribution is -1.78. The van der Waals surface area contributed by atoms with Crippen molar-refractivity contribution >= 4 is 10.9 Å². The minimum atomic E-state index is 0.247. The number of aromatic amines is 1. The van der Waals surface area contributed by atoms with Crippen molar-refractivity contribution in [2.45, 2.75) is 0 Å². The van der Waals surface area contributed by atoms with Gasteiger partial charge < -0.3 is 14.5 Å². The molecule has 0 saturated carbocycles. The first kappa shape index (κ1) is 15.5. The molecule has 3 nitrogen and oxygen atoms in total. The van der Waals surface area contributed by atoms with Gasteiger partial charge in [-0.15, -0.1) is 0 Å². The van der Waals surface area contributed by atoms with Gasteiger partial charge >= 0.3 is 0 Å². The molecule has 2 heterocycles. The van der Waals surface area contributed by atoms with E-state index in [1.54, 1.807) is 12.1 Å². The number of furan rings is 1. The van der Waals surface area contributed by atoms with Crippen LogP contribution in [0, 0.1) is 0 Å². The number of benzene rings is 3. The highest BCUT2D eigenvalue weighted by atomic mass is 16.3. The lowest BCUT2D eigenvalue weighted by atomic mass is 10.0. The first-order valence-electron chi connectivity index (χ1n) is 8.85. The summed E-state index contributed by atoms with van der Waals surface area (Å²) in [5.74, 6) is 1.88. The number of rotatable bonds is 3. The van der Waals surface area contributed by atoms with Gasteiger partial charge in [0.05, 0.1) is 0 Å². The van der Waals surface area contributed by atoms with Gasteiger partial charge in [-0.2, -0.15) is 0 Å². The normalized spacial score (nSPS) is 11.1. The van der Waals surface area contributed by atoms with Gasteiger partial charge in [-0.3, -0.25) is 0 Å². The first-order chi connectivity index (χ1) is 13.3. The molecule has 5 aromatic rings. The van der Waals surface area contributed by atoms with Crippen LogP contribution in [0.3, 0.4) is 0 Å². The molecule has 130 valence electrons. The molecule has 3 heteroatoms. The van der Waals surface area contributed by atoms with E-state index in [1.165, 1.54) is 0 Å². The molecule has 3 aromatic carbocycles. The fourth-order valence-corrected chi connectivity index (χ4v) is 3.47. The van der Waals surface area contributed by atoms with Crippen molar-refractivity contribution < 1.29 is 9.52 Å². The average Bonchev–Trinajstić information content (AvgIpc) is 3.33. The van der Waals surface area contributed by atoms with Crippen molar-refractivity contribution in [2.24, 2.45) is 0 Å². The van der Waals surface area contributed by atoms with Crippen LogP contribution in [0.2, 0.25) is 0 Å². The van der Waals surface area contributed by atoms with E-state index in [2.05, 4.69) is 11.1 Å². The smallest absolute Gasteiger partial charge is 0.142 e. The molecule has 0 unspecified atom stereocenters. The highest BCUT2D eigenvalue weighted by Crippen LogP contribution is 2.41. The Morgan fingerprint density at radius 2 is 1.41 bits per heavy atom. The van der Waals surface area contributed by atoms with Gasteiger partial charge in [-0.1, -0.05) is 60.7 Å². The van der Waals surface area contributed by atoms with Gasteiger partial charge in [0.15, 0.2) is 0 Å². The zero-order valence-corrected chi connectivity index (χ0v) is 14.5. The van der Waals surface area contributed by atoms with Crippen LogP contribution < -0.4 is 0 Å². The van der Waals surface area contributed by atoms with Gasteiger partial charge in [0.1, 0.15) is 17.3 Å². The summed E-state index contributed by atoms with van der Waals surface area (Å²) in [5, 5.41) is 10.9. The summed E-state index contributed by atoms with van der Waals surface area (Å²) in [6, 6.07) is 27.6. The number of nitrogens with one attached hydrogen (secondary N) is 1. The third-order valence-corrected chi connectivity index (χ3v) is 4.78. The number of hydrogen-bond donors (Lipinski definition) is 2. The molecule has 0 bridgehead atoms. The molecule has 0 radical (unpaired) electrons. The number of fused-ring (bicyclic) bond motifs is 1. The highest BCUT2D eigenvalue weighted by Gasteiger charge is 2.18. The largest absolute Gasteiger partial charge is 0.508 e. The molecule has 0 amide bonds. The van der Waals surface area contributed by atoms with Gasteiger partial charge in [-0.25, -0.2) is 0 Å². The lowest BCUT2D eigenvalue weighted by molar-refractivity contribution is 0.476. The second kappa shape index (κ2) is 6.22. The van der Waals surface area contributed by atoms with Crippen molar-refractivity contribution in [2.75, 3.05) is 0 Å². The average molecular weight is 351 g/mol. The summed E-state index contributed by atoms with van der Waals surface area (Å²) < 4.78 is 6.31. The molecule has 0 spiro atoms. The van der Waals surface area contributed by atoms with Crippen LogP contribution in [0.25, 0.3) is 44.7 Å². The molecule has 2 N–H and O–H groups in total. The van der Waals surface area contributed by atoms with Crippen LogP contribution in [0.15, 0.2) is 95.5 Å². The van der Waals surface area contributed by atoms with E-state index in [9.17, 15) is 5.11 Å². The Hall–Kier alpha value is -3.72. The minimum absolute atomic E-state index is 0.247. The topological polar surface area (TPSA) is 49.2 Å². The van der Waals surface area contributed by atoms with E-state index in [-0.39, 0.29) is 5.75 Å². The van der Waals surface area contributed by atoms with E-state index in [0.717, 1.165) is 44.7 Å². The van der Waals surface area contributed by atoms with E-state index in [4.69, 9.17) is 4.42 Å². The second-order valence-corrected chi connectivity index (χ2v) is 6.52. The summed E-state index contributed by atoms with van der Waals surface area (Å²) in [4.78, 5) is 3.29. The number of H-pyrrole nitrogens is 1. The molecule has 2 aromatic heterocycles. The summed E-state index contributed by atoms with van der Waals surface area (Å²) in [6.07, 6.45) is 1.97. The SMILES string of the molecule is Oc1ccc2[nH]cc(-c3cc(-c4ccccc4)oc3-c3ccccc3)c2c1. The molecule has 0 atom stereocenters. The van der Waals surface area contributed by atoms with E-state index < -0.39 is 0 Å². The maximum absolute atomic E-state index is 9.95. The maximum Gasteiger partial charge on any atom is 0.142 e. The molecule has 0 fully saturated rings. The number of hydrogen-bond acceptors (Lipinski definition) is 2. The summed E-state index contributed by atoms with van der Waals surface area (Å²) in [7, 11) is 0. The quantitative estimate of drug-likeness (QED) is 0.391. The zero-order chi connectivity index (χ0) is 18.2. The summed E-state index contributed by atoms with van der Waals surface area (Å²) in [5.41, 5.74) is 5.03. The van der Waals surface area contributed by atoms with Crippen LogP contribution in [0.5, 0.6) is 5.75 Å². The number of phenolic OH excluding ortho intramolecular Hbond substituents is 1. The Balaban J connectivity index is 1.77. The van der Waals surface area contributed by atoms with Crippen molar-refractivity contribution in [1.82, 2.24) is 4.98 Å². The van der Waals surface area contributed by atoms with Crippen molar-refractivity contribution in [1.29, 1.82) is 0 Å². The Kier molecular flexibility index (Phi) is 3.58. The summed E-state index contributed by atoms with van der Waals surface area (Å²) >= 11 is 0. The molecule has 27 heavy (non-hydrogen) atoms. The molecule has 0 aliphatic heterocycles. The fourth-order valence-electron chi connectivity index (χ4n) is 3.47. The fraction of sp³-hybridized carbons (Fsp3) is 0. The lowest BCUT2D eigenvalue weighted by Gasteiger charge is -2.02. The van der Waals surface area contributed by atoms with Gasteiger partial charge in [-0.05, 0) is 24.3 Å². The molecule has 0 saturated heterocycles. The van der Waals surface area contributed by atoms with Crippen molar-refractivity contribution in [3.63, 3.8) is 0 Å². The van der Waals surface area contributed by atoms with Gasteiger partial charge in [0.25, 0.3) is 0 Å². The molecule has 0 aliphatic rings. The van der Waals surface area contributed by atoms with E-state index in [0.29, 0.717) is 0 Å². The predicted molar refractivity (Wildman–Crippen MR) is 109 cm³/mol. The molecule has 5 rings (SSSR count). The van der Waals surface area contributed by atoms with Crippen LogP contribution >= 0.6 is 0 Å². The number of aromatic nitrogens is 1. The monoisotopic (exact) mass is 351 g/mol. The zero-order valence-electron chi connectivity index (χ0n) is 14.5. The second-order valence-electron chi connectivity index (χ2n) is 6.52. The standard InChI is InChI=1S/C24H17NO2/c26-18-11-12-22-19(13-18)21(15-25-22)20-14-23(16-7-3-1-4-8-16)27-24(20)17-9-5-2-6-10-17/h1-15,25-26H. The Labute approximate surface area is 156 Å². The van der Waals surface area contributed by atoms with Crippen LogP contribution in [-0.2, 0) is 0 Å². The van der Waals surface area contributed by atoms with Crippen molar-refractivity contribution in [3.05, 3.63) is 91.1 Å². The summed E-state index contributed by atoms with van der Waals surface area (Å²) in [6.45, 7) is 0. The molecular formula is C24H17NO2. The number of aromatic hydroxyl groups is 1. The Bertz CT molecular complexity index is 1220. The number of phenols is 1. The van der Waals surface area contributed by atoms with Gasteiger partial charge in [0.2, 0.25) is 0 Å².